The molecule has 0 radical (unpaired) electrons. The number of aryl methyl sites for hydroxylation is 1. The highest BCUT2D eigenvalue weighted by atomic mass is 16.3. The van der Waals surface area contributed by atoms with Crippen molar-refractivity contribution in [2.45, 2.75) is 12.5 Å². The summed E-state index contributed by atoms with van der Waals surface area (Å²) in [6, 6.07) is 17.8. The van der Waals surface area contributed by atoms with Crippen molar-refractivity contribution in [3.05, 3.63) is 77.4 Å². The smallest absolute Gasteiger partial charge is 0.183 e. The van der Waals surface area contributed by atoms with Crippen LogP contribution in [-0.4, -0.2) is 34.0 Å². The molecule has 3 aromatic rings. The van der Waals surface area contributed by atoms with E-state index in [1.165, 1.54) is 0 Å². The molecule has 0 amide bonds. The Morgan fingerprint density at radius 2 is 1.71 bits per heavy atom. The van der Waals surface area contributed by atoms with Gasteiger partial charge in [0.1, 0.15) is 11.9 Å². The lowest BCUT2D eigenvalue weighted by Crippen LogP contribution is -2.08. The topological polar surface area (TPSA) is 54.2 Å². The van der Waals surface area contributed by atoms with Crippen LogP contribution in [0.25, 0.3) is 0 Å². The highest BCUT2D eigenvalue weighted by Gasteiger charge is 2.17. The fourth-order valence-corrected chi connectivity index (χ4v) is 2.59. The number of hydrogen-bond donors (Lipinski definition) is 1. The number of aliphatic hydroxyl groups excluding tert-OH is 1. The van der Waals surface area contributed by atoms with Gasteiger partial charge in [0.2, 0.25) is 0 Å². The molecule has 0 aliphatic heterocycles. The second-order valence-corrected chi connectivity index (χ2v) is 6.06. The monoisotopic (exact) mass is 322 g/mol. The molecule has 5 nitrogen and oxygen atoms in total. The van der Waals surface area contributed by atoms with Crippen LogP contribution in [0.4, 0.5) is 5.69 Å². The molecule has 1 aromatic heterocycles. The Morgan fingerprint density at radius 3 is 2.33 bits per heavy atom. The molecule has 1 N–H and O–H groups in total. The van der Waals surface area contributed by atoms with Crippen molar-refractivity contribution in [3.63, 3.8) is 0 Å². The van der Waals surface area contributed by atoms with Crippen molar-refractivity contribution in [3.8, 4) is 0 Å². The minimum atomic E-state index is -0.803. The molecule has 124 valence electrons. The molecule has 2 aromatic carbocycles. The van der Waals surface area contributed by atoms with Crippen LogP contribution in [0.5, 0.6) is 0 Å². The van der Waals surface area contributed by atoms with E-state index in [2.05, 4.69) is 39.2 Å². The van der Waals surface area contributed by atoms with Crippen LogP contribution in [-0.2, 0) is 13.5 Å². The maximum Gasteiger partial charge on any atom is 0.183 e. The van der Waals surface area contributed by atoms with Crippen molar-refractivity contribution in [2.75, 3.05) is 19.0 Å². The van der Waals surface area contributed by atoms with Gasteiger partial charge in [-0.2, -0.15) is 5.10 Å². The van der Waals surface area contributed by atoms with Crippen molar-refractivity contribution in [2.24, 2.45) is 7.05 Å². The Balaban J connectivity index is 1.79. The zero-order valence-corrected chi connectivity index (χ0v) is 14.2. The number of aromatic nitrogens is 3. The Hall–Kier alpha value is -2.66. The minimum absolute atomic E-state index is 0.434. The van der Waals surface area contributed by atoms with Crippen LogP contribution >= 0.6 is 0 Å². The molecule has 0 fully saturated rings. The van der Waals surface area contributed by atoms with E-state index < -0.39 is 6.10 Å². The third kappa shape index (κ3) is 3.46. The number of aliphatic hydroxyl groups is 1. The highest BCUT2D eigenvalue weighted by Crippen LogP contribution is 2.20. The first kappa shape index (κ1) is 16.2. The molecule has 1 atom stereocenters. The SMILES string of the molecule is CN(C)c1ccc(Cc2nc(C(O)c3ccccc3)nn2C)cc1. The first-order valence-corrected chi connectivity index (χ1v) is 7.93. The zero-order valence-electron chi connectivity index (χ0n) is 14.2. The van der Waals surface area contributed by atoms with Gasteiger partial charge in [-0.3, -0.25) is 4.68 Å². The Bertz CT molecular complexity index is 794. The summed E-state index contributed by atoms with van der Waals surface area (Å²) in [6.07, 6.45) is -0.124. The lowest BCUT2D eigenvalue weighted by molar-refractivity contribution is 0.209. The quantitative estimate of drug-likeness (QED) is 0.784. The molecule has 0 bridgehead atoms. The van der Waals surface area contributed by atoms with Crippen LogP contribution in [0.3, 0.4) is 0 Å². The summed E-state index contributed by atoms with van der Waals surface area (Å²) in [4.78, 5) is 6.60. The average Bonchev–Trinajstić information content (AvgIpc) is 2.96. The van der Waals surface area contributed by atoms with Gasteiger partial charge >= 0.3 is 0 Å². The number of nitrogens with zero attached hydrogens (tertiary/aromatic N) is 4. The average molecular weight is 322 g/mol. The Kier molecular flexibility index (Phi) is 4.62. The summed E-state index contributed by atoms with van der Waals surface area (Å²) in [7, 11) is 5.90. The van der Waals surface area contributed by atoms with E-state index in [1.54, 1.807) is 4.68 Å². The van der Waals surface area contributed by atoms with Crippen LogP contribution in [0.1, 0.15) is 28.9 Å². The van der Waals surface area contributed by atoms with E-state index in [0.29, 0.717) is 12.2 Å². The van der Waals surface area contributed by atoms with E-state index >= 15 is 0 Å². The van der Waals surface area contributed by atoms with Crippen LogP contribution in [0, 0.1) is 0 Å². The number of hydrogen-bond acceptors (Lipinski definition) is 4. The van der Waals surface area contributed by atoms with Crippen LogP contribution in [0.2, 0.25) is 0 Å². The molecule has 0 aliphatic carbocycles. The first-order chi connectivity index (χ1) is 11.5. The maximum atomic E-state index is 10.4. The van der Waals surface area contributed by atoms with E-state index in [4.69, 9.17) is 0 Å². The van der Waals surface area contributed by atoms with Crippen LogP contribution in [0.15, 0.2) is 54.6 Å². The van der Waals surface area contributed by atoms with E-state index in [1.807, 2.05) is 51.5 Å². The molecule has 24 heavy (non-hydrogen) atoms. The number of benzene rings is 2. The van der Waals surface area contributed by atoms with Gasteiger partial charge in [0.15, 0.2) is 5.82 Å². The summed E-state index contributed by atoms with van der Waals surface area (Å²) in [6.45, 7) is 0. The van der Waals surface area contributed by atoms with E-state index in [0.717, 1.165) is 22.6 Å². The van der Waals surface area contributed by atoms with Crippen molar-refractivity contribution in [1.29, 1.82) is 0 Å². The summed E-state index contributed by atoms with van der Waals surface area (Å²) >= 11 is 0. The minimum Gasteiger partial charge on any atom is -0.380 e. The maximum absolute atomic E-state index is 10.4. The fourth-order valence-electron chi connectivity index (χ4n) is 2.59. The lowest BCUT2D eigenvalue weighted by Gasteiger charge is -2.12. The molecule has 1 heterocycles. The van der Waals surface area contributed by atoms with Gasteiger partial charge in [-0.1, -0.05) is 42.5 Å². The molecule has 0 spiro atoms. The van der Waals surface area contributed by atoms with Gasteiger partial charge in [-0.15, -0.1) is 0 Å². The Labute approximate surface area is 142 Å². The van der Waals surface area contributed by atoms with Gasteiger partial charge in [0.25, 0.3) is 0 Å². The third-order valence-corrected chi connectivity index (χ3v) is 4.04. The number of anilines is 1. The van der Waals surface area contributed by atoms with Gasteiger partial charge in [0, 0.05) is 33.3 Å². The van der Waals surface area contributed by atoms with Gasteiger partial charge in [-0.25, -0.2) is 4.98 Å². The molecular weight excluding hydrogens is 300 g/mol. The van der Waals surface area contributed by atoms with E-state index in [-0.39, 0.29) is 0 Å². The van der Waals surface area contributed by atoms with Crippen molar-refractivity contribution < 1.29 is 5.11 Å². The van der Waals surface area contributed by atoms with E-state index in [9.17, 15) is 5.11 Å². The highest BCUT2D eigenvalue weighted by molar-refractivity contribution is 5.46. The van der Waals surface area contributed by atoms with Gasteiger partial charge in [-0.05, 0) is 23.3 Å². The Morgan fingerprint density at radius 1 is 1.04 bits per heavy atom. The standard InChI is InChI=1S/C19H22N4O/c1-22(2)16-11-9-14(10-12-16)13-17-20-19(21-23(17)3)18(24)15-7-5-4-6-8-15/h4-12,18,24H,13H2,1-3H3. The summed E-state index contributed by atoms with van der Waals surface area (Å²) in [5.41, 5.74) is 3.12. The molecular formula is C19H22N4O. The summed E-state index contributed by atoms with van der Waals surface area (Å²) in [5.74, 6) is 1.26. The molecule has 0 saturated carbocycles. The largest absolute Gasteiger partial charge is 0.380 e. The first-order valence-electron chi connectivity index (χ1n) is 7.93. The summed E-state index contributed by atoms with van der Waals surface area (Å²) in [5, 5.41) is 14.8. The van der Waals surface area contributed by atoms with Crippen molar-refractivity contribution >= 4 is 5.69 Å². The van der Waals surface area contributed by atoms with Gasteiger partial charge < -0.3 is 10.0 Å². The molecule has 0 aliphatic rings. The van der Waals surface area contributed by atoms with Crippen molar-refractivity contribution in [1.82, 2.24) is 14.8 Å². The molecule has 3 rings (SSSR count). The van der Waals surface area contributed by atoms with Gasteiger partial charge in [0.05, 0.1) is 0 Å². The third-order valence-electron chi connectivity index (χ3n) is 4.04. The second kappa shape index (κ2) is 6.84. The second-order valence-electron chi connectivity index (χ2n) is 6.06. The zero-order chi connectivity index (χ0) is 17.1. The normalized spacial score (nSPS) is 12.2. The molecule has 1 unspecified atom stereocenters. The fraction of sp³-hybridized carbons (Fsp3) is 0.263. The lowest BCUT2D eigenvalue weighted by atomic mass is 10.1. The predicted octanol–water partition coefficient (Wildman–Crippen LogP) is 2.55. The molecule has 5 heteroatoms. The van der Waals surface area contributed by atoms with Crippen LogP contribution < -0.4 is 4.90 Å². The molecule has 0 saturated heterocycles. The number of rotatable bonds is 5. The summed E-state index contributed by atoms with van der Waals surface area (Å²) < 4.78 is 1.74. The predicted molar refractivity (Wildman–Crippen MR) is 95.1 cm³/mol.